The Morgan fingerprint density at radius 1 is 1.77 bits per heavy atom. The quantitative estimate of drug-likeness (QED) is 0.361. The number of nitrogens with zero attached hydrogens (tertiary/aromatic N) is 2. The van der Waals surface area contributed by atoms with E-state index >= 15 is 0 Å². The van der Waals surface area contributed by atoms with Crippen LogP contribution in [0.2, 0.25) is 0 Å². The highest BCUT2D eigenvalue weighted by molar-refractivity contribution is 7.80. The Hall–Kier alpha value is -0.325. The summed E-state index contributed by atoms with van der Waals surface area (Å²) in [5.74, 6) is 0. The van der Waals surface area contributed by atoms with E-state index < -0.39 is 0 Å². The lowest BCUT2D eigenvalue weighted by atomic mass is 9.91. The van der Waals surface area contributed by atoms with Crippen LogP contribution in [-0.4, -0.2) is 54.6 Å². The lowest BCUT2D eigenvalue weighted by Gasteiger charge is -2.21. The van der Waals surface area contributed by atoms with Crippen LogP contribution in [0.1, 0.15) is 6.42 Å². The van der Waals surface area contributed by atoms with Crippen LogP contribution in [0.25, 0.3) is 0 Å². The third-order valence-electron chi connectivity index (χ3n) is 2.82. The van der Waals surface area contributed by atoms with E-state index in [9.17, 15) is 0 Å². The van der Waals surface area contributed by atoms with Crippen LogP contribution in [-0.2, 0) is 4.65 Å². The van der Waals surface area contributed by atoms with E-state index in [1.54, 1.807) is 0 Å². The Balaban J connectivity index is 1.86. The first kappa shape index (κ1) is 9.24. The summed E-state index contributed by atoms with van der Waals surface area (Å²) in [5.41, 5.74) is 5.56. The topological polar surface area (TPSA) is 45.0 Å². The first-order valence-electron chi connectivity index (χ1n) is 4.56. The molecule has 0 radical (unpaired) electrons. The van der Waals surface area contributed by atoms with Crippen molar-refractivity contribution in [2.75, 3.05) is 26.6 Å². The van der Waals surface area contributed by atoms with Gasteiger partial charge < -0.3 is 20.1 Å². The molecule has 2 aliphatic heterocycles. The molecule has 1 unspecified atom stereocenters. The predicted molar refractivity (Wildman–Crippen MR) is 56.2 cm³/mol. The van der Waals surface area contributed by atoms with Gasteiger partial charge in [-0.3, -0.25) is 0 Å². The number of rotatable bonds is 2. The summed E-state index contributed by atoms with van der Waals surface area (Å²) in [6.07, 6.45) is 1.13. The third-order valence-corrected chi connectivity index (χ3v) is 3.08. The maximum atomic E-state index is 5.56. The molecule has 6 heteroatoms. The molecule has 0 bridgehead atoms. The molecule has 0 aromatic rings. The maximum Gasteiger partial charge on any atom is 0.407 e. The van der Waals surface area contributed by atoms with E-state index in [4.69, 9.17) is 22.6 Å². The van der Waals surface area contributed by atoms with Gasteiger partial charge in [-0.1, -0.05) is 0 Å². The Bertz CT molecular complexity index is 224. The number of thiocarbonyl (C=S) groups is 1. The van der Waals surface area contributed by atoms with E-state index in [0.717, 1.165) is 26.0 Å². The van der Waals surface area contributed by atoms with E-state index in [0.29, 0.717) is 18.2 Å². The summed E-state index contributed by atoms with van der Waals surface area (Å²) < 4.78 is 5.22. The van der Waals surface area contributed by atoms with Crippen molar-refractivity contribution in [1.29, 1.82) is 0 Å². The van der Waals surface area contributed by atoms with Crippen LogP contribution in [0.4, 0.5) is 0 Å². The number of hydrogen-bond donors (Lipinski definition) is 1. The highest BCUT2D eigenvalue weighted by atomic mass is 32.1. The van der Waals surface area contributed by atoms with Gasteiger partial charge in [0.2, 0.25) is 0 Å². The Morgan fingerprint density at radius 3 is 2.92 bits per heavy atom. The van der Waals surface area contributed by atoms with Gasteiger partial charge in [0.1, 0.15) is 0 Å². The molecule has 2 N–H and O–H groups in total. The lowest BCUT2D eigenvalue weighted by molar-refractivity contribution is 0.366. The number of likely N-dealkylation sites (N-methyl/N-ethyl adjacent to an activating group) is 1. The molecule has 2 rings (SSSR count). The van der Waals surface area contributed by atoms with Gasteiger partial charge in [-0.05, 0) is 25.7 Å². The third kappa shape index (κ3) is 1.95. The normalized spacial score (nSPS) is 27.1. The first-order valence-corrected chi connectivity index (χ1v) is 4.97. The standard InChI is InChI=1S/C7H14BN3OS/c1-10(8-5-12-8)6-2-3-11(4-6)7(9)13/h6H,2-5H2,1H3,(H2,9,13). The zero-order chi connectivity index (χ0) is 9.42. The van der Waals surface area contributed by atoms with Crippen LogP contribution in [0.15, 0.2) is 0 Å². The molecule has 2 fully saturated rings. The zero-order valence-electron chi connectivity index (χ0n) is 7.77. The molecule has 0 aromatic heterocycles. The fourth-order valence-corrected chi connectivity index (χ4v) is 1.95. The molecule has 72 valence electrons. The summed E-state index contributed by atoms with van der Waals surface area (Å²) in [6, 6.07) is 0.550. The van der Waals surface area contributed by atoms with Crippen molar-refractivity contribution < 1.29 is 4.65 Å². The number of hydrogen-bond acceptors (Lipinski definition) is 3. The highest BCUT2D eigenvalue weighted by Crippen LogP contribution is 2.19. The minimum absolute atomic E-state index is 0.344. The van der Waals surface area contributed by atoms with Crippen LogP contribution < -0.4 is 5.73 Å². The molecule has 2 aliphatic rings. The van der Waals surface area contributed by atoms with Crippen molar-refractivity contribution in [3.8, 4) is 0 Å². The van der Waals surface area contributed by atoms with Gasteiger partial charge in [0.25, 0.3) is 0 Å². The fraction of sp³-hybridized carbons (Fsp3) is 0.857. The van der Waals surface area contributed by atoms with E-state index in [-0.39, 0.29) is 0 Å². The van der Waals surface area contributed by atoms with Crippen LogP contribution in [0, 0.1) is 0 Å². The molecule has 4 nitrogen and oxygen atoms in total. The van der Waals surface area contributed by atoms with Crippen molar-refractivity contribution in [3.05, 3.63) is 0 Å². The van der Waals surface area contributed by atoms with Crippen molar-refractivity contribution in [2.24, 2.45) is 5.73 Å². The molecule has 1 atom stereocenters. The molecule has 0 aliphatic carbocycles. The minimum atomic E-state index is 0.344. The Labute approximate surface area is 84.1 Å². The average molecular weight is 199 g/mol. The van der Waals surface area contributed by atoms with E-state index in [1.165, 1.54) is 0 Å². The molecule has 2 saturated heterocycles. The average Bonchev–Trinajstić information content (AvgIpc) is 2.81. The number of likely N-dealkylation sites (tertiary alicyclic amines) is 1. The zero-order valence-corrected chi connectivity index (χ0v) is 8.59. The lowest BCUT2D eigenvalue weighted by Crippen LogP contribution is -2.41. The van der Waals surface area contributed by atoms with Gasteiger partial charge in [-0.25, -0.2) is 0 Å². The van der Waals surface area contributed by atoms with Crippen molar-refractivity contribution in [2.45, 2.75) is 12.5 Å². The van der Waals surface area contributed by atoms with E-state index in [1.807, 2.05) is 0 Å². The second-order valence-electron chi connectivity index (χ2n) is 3.68. The first-order chi connectivity index (χ1) is 6.18. The Morgan fingerprint density at radius 2 is 2.46 bits per heavy atom. The predicted octanol–water partition coefficient (Wildman–Crippen LogP) is -0.706. The van der Waals surface area contributed by atoms with Crippen LogP contribution in [0.3, 0.4) is 0 Å². The monoisotopic (exact) mass is 199 g/mol. The van der Waals surface area contributed by atoms with Crippen LogP contribution in [0.5, 0.6) is 0 Å². The summed E-state index contributed by atoms with van der Waals surface area (Å²) in [4.78, 5) is 4.33. The fourth-order valence-electron chi connectivity index (χ4n) is 1.79. The molecule has 2 heterocycles. The SMILES string of the molecule is CN(B1CO1)C1CCN(C(N)=S)C1. The van der Waals surface area contributed by atoms with Crippen LogP contribution >= 0.6 is 12.2 Å². The maximum absolute atomic E-state index is 5.56. The van der Waals surface area contributed by atoms with Gasteiger partial charge in [-0.15, -0.1) is 0 Å². The smallest absolute Gasteiger partial charge is 0.407 e. The van der Waals surface area contributed by atoms with Crippen molar-refractivity contribution in [3.63, 3.8) is 0 Å². The van der Waals surface area contributed by atoms with E-state index in [2.05, 4.69) is 16.8 Å². The molecule has 0 saturated carbocycles. The number of nitrogens with two attached hydrogens (primary N) is 1. The largest absolute Gasteiger partial charge is 0.423 e. The minimum Gasteiger partial charge on any atom is -0.423 e. The molecule has 0 aromatic carbocycles. The molecule has 0 spiro atoms. The summed E-state index contributed by atoms with van der Waals surface area (Å²) >= 11 is 4.93. The van der Waals surface area contributed by atoms with Crippen molar-refractivity contribution >= 4 is 24.4 Å². The van der Waals surface area contributed by atoms with Crippen molar-refractivity contribution in [1.82, 2.24) is 9.71 Å². The Kier molecular flexibility index (Phi) is 2.44. The van der Waals surface area contributed by atoms with Gasteiger partial charge in [0, 0.05) is 19.1 Å². The molecular weight excluding hydrogens is 185 g/mol. The summed E-state index contributed by atoms with van der Waals surface area (Å²) in [7, 11) is 2.45. The van der Waals surface area contributed by atoms with Gasteiger partial charge in [0.15, 0.2) is 5.11 Å². The molecule has 13 heavy (non-hydrogen) atoms. The van der Waals surface area contributed by atoms with Gasteiger partial charge in [-0.2, -0.15) is 0 Å². The highest BCUT2D eigenvalue weighted by Gasteiger charge is 2.40. The van der Waals surface area contributed by atoms with Gasteiger partial charge in [0.05, 0.1) is 6.51 Å². The second kappa shape index (κ2) is 3.44. The van der Waals surface area contributed by atoms with Gasteiger partial charge >= 0.3 is 7.05 Å². The summed E-state index contributed by atoms with van der Waals surface area (Å²) in [5, 5.41) is 0.521. The summed E-state index contributed by atoms with van der Waals surface area (Å²) in [6.45, 7) is 2.81. The second-order valence-corrected chi connectivity index (χ2v) is 4.10. The molecule has 0 amide bonds. The molecular formula is C7H14BN3OS.